The van der Waals surface area contributed by atoms with Gasteiger partial charge in [0.15, 0.2) is 5.70 Å². The summed E-state index contributed by atoms with van der Waals surface area (Å²) in [6.07, 6.45) is -4.62. The summed E-state index contributed by atoms with van der Waals surface area (Å²) in [5.74, 6) is -3.75. The first kappa shape index (κ1) is 22.6. The average Bonchev–Trinajstić information content (AvgIpc) is 2.78. The average molecular weight is 438 g/mol. The molecule has 162 valence electrons. The molecule has 2 unspecified atom stereocenters. The number of anilines is 1. The van der Waals surface area contributed by atoms with Gasteiger partial charge in [0.1, 0.15) is 5.92 Å². The minimum Gasteiger partial charge on any atom is -0.359 e. The van der Waals surface area contributed by atoms with Gasteiger partial charge in [-0.3, -0.25) is 14.5 Å². The molecular formula is C23H17F3N4O2. The molecule has 2 aromatic rings. The van der Waals surface area contributed by atoms with E-state index in [4.69, 9.17) is 11.8 Å². The number of rotatable bonds is 3. The van der Waals surface area contributed by atoms with Crippen LogP contribution in [-0.4, -0.2) is 18.9 Å². The summed E-state index contributed by atoms with van der Waals surface area (Å²) in [5.41, 5.74) is -0.0106. The molecule has 0 bridgehead atoms. The molecule has 0 saturated carbocycles. The molecular weight excluding hydrogens is 421 g/mol. The van der Waals surface area contributed by atoms with Gasteiger partial charge < -0.3 is 5.32 Å². The van der Waals surface area contributed by atoms with Crippen molar-refractivity contribution in [1.29, 1.82) is 5.26 Å². The third-order valence-electron chi connectivity index (χ3n) is 5.30. The number of nitrogens with zero attached hydrogens (tertiary/aromatic N) is 3. The number of amides is 2. The van der Waals surface area contributed by atoms with E-state index in [0.29, 0.717) is 11.1 Å². The maximum absolute atomic E-state index is 13.5. The van der Waals surface area contributed by atoms with Crippen molar-refractivity contribution in [3.8, 4) is 6.07 Å². The number of carbonyl (C=O) groups excluding carboxylic acids is 2. The van der Waals surface area contributed by atoms with Crippen LogP contribution >= 0.6 is 0 Å². The maximum Gasteiger partial charge on any atom is 0.416 e. The van der Waals surface area contributed by atoms with Gasteiger partial charge in [-0.25, -0.2) is 4.85 Å². The normalized spacial score (nSPS) is 18.7. The van der Waals surface area contributed by atoms with Gasteiger partial charge in [-0.15, -0.1) is 0 Å². The van der Waals surface area contributed by atoms with Crippen molar-refractivity contribution in [2.24, 2.45) is 5.92 Å². The van der Waals surface area contributed by atoms with E-state index in [9.17, 15) is 22.8 Å². The molecule has 0 aromatic heterocycles. The first-order valence-corrected chi connectivity index (χ1v) is 9.45. The van der Waals surface area contributed by atoms with Crippen LogP contribution in [0.5, 0.6) is 0 Å². The molecule has 3 rings (SSSR count). The number of carbonyl (C=O) groups is 2. The summed E-state index contributed by atoms with van der Waals surface area (Å²) in [6, 6.07) is 12.3. The highest BCUT2D eigenvalue weighted by atomic mass is 19.4. The summed E-state index contributed by atoms with van der Waals surface area (Å²) in [6.45, 7) is 9.16. The van der Waals surface area contributed by atoms with Gasteiger partial charge in [-0.1, -0.05) is 18.2 Å². The summed E-state index contributed by atoms with van der Waals surface area (Å²) in [4.78, 5) is 30.7. The molecule has 9 heteroatoms. The number of halogens is 3. The van der Waals surface area contributed by atoms with Crippen molar-refractivity contribution < 1.29 is 22.8 Å². The van der Waals surface area contributed by atoms with Gasteiger partial charge in [-0.05, 0) is 42.8 Å². The van der Waals surface area contributed by atoms with Crippen molar-refractivity contribution in [3.05, 3.63) is 88.0 Å². The smallest absolute Gasteiger partial charge is 0.359 e. The Morgan fingerprint density at radius 3 is 2.41 bits per heavy atom. The highest BCUT2D eigenvalue weighted by Gasteiger charge is 2.46. The van der Waals surface area contributed by atoms with Crippen LogP contribution in [0.2, 0.25) is 0 Å². The van der Waals surface area contributed by atoms with Crippen LogP contribution in [0.15, 0.2) is 59.9 Å². The molecule has 0 aliphatic carbocycles. The van der Waals surface area contributed by atoms with E-state index in [0.717, 1.165) is 23.1 Å². The van der Waals surface area contributed by atoms with Crippen LogP contribution in [0.4, 0.5) is 18.9 Å². The standard InChI is InChI=1S/C23H17F3N4O2/c1-13-20(28-2)18(15-9-7-14(12-27)8-10-15)19(21(31)29-3)22(32)30(13)17-6-4-5-16(11-17)23(24,25)26/h4-11,18-19H,1,3H3,(H,29,31). The topological polar surface area (TPSA) is 77.6 Å². The number of hydrogen-bond acceptors (Lipinski definition) is 3. The van der Waals surface area contributed by atoms with Crippen LogP contribution < -0.4 is 10.2 Å². The van der Waals surface area contributed by atoms with E-state index in [2.05, 4.69) is 10.2 Å². The summed E-state index contributed by atoms with van der Waals surface area (Å²) < 4.78 is 39.7. The lowest BCUT2D eigenvalue weighted by atomic mass is 9.78. The van der Waals surface area contributed by atoms with Crippen molar-refractivity contribution in [1.82, 2.24) is 5.32 Å². The molecule has 32 heavy (non-hydrogen) atoms. The van der Waals surface area contributed by atoms with Gasteiger partial charge in [0.05, 0.1) is 23.8 Å². The Morgan fingerprint density at radius 2 is 1.88 bits per heavy atom. The summed E-state index contributed by atoms with van der Waals surface area (Å²) in [7, 11) is 1.34. The highest BCUT2D eigenvalue weighted by Crippen LogP contribution is 2.43. The lowest BCUT2D eigenvalue weighted by Gasteiger charge is -2.38. The molecule has 6 nitrogen and oxygen atoms in total. The Labute approximate surface area is 182 Å². The second-order valence-electron chi connectivity index (χ2n) is 7.11. The number of hydrogen-bond donors (Lipinski definition) is 1. The fourth-order valence-electron chi connectivity index (χ4n) is 3.77. The van der Waals surface area contributed by atoms with E-state index >= 15 is 0 Å². The molecule has 0 fully saturated rings. The van der Waals surface area contributed by atoms with E-state index in [1.807, 2.05) is 6.07 Å². The second-order valence-corrected chi connectivity index (χ2v) is 7.11. The van der Waals surface area contributed by atoms with E-state index in [-0.39, 0.29) is 17.1 Å². The molecule has 2 amide bonds. The monoisotopic (exact) mass is 438 g/mol. The number of allylic oxidation sites excluding steroid dienone is 2. The second kappa shape index (κ2) is 8.56. The Hall–Kier alpha value is -4.11. The highest BCUT2D eigenvalue weighted by molar-refractivity contribution is 6.11. The largest absolute Gasteiger partial charge is 0.416 e. The third-order valence-corrected chi connectivity index (χ3v) is 5.30. The van der Waals surface area contributed by atoms with Gasteiger partial charge in [0.25, 0.3) is 0 Å². The SMILES string of the molecule is [C-]#[N+]C1=C(C)N(c2cccc(C(F)(F)F)c2)C(=O)C(C(=O)NC)C1c1ccc(C#N)cc1. The van der Waals surface area contributed by atoms with Crippen LogP contribution in [0.1, 0.15) is 29.5 Å². The minimum absolute atomic E-state index is 0.0559. The zero-order valence-electron chi connectivity index (χ0n) is 17.1. The Kier molecular flexibility index (Phi) is 6.04. The fraction of sp³-hybridized carbons (Fsp3) is 0.217. The molecule has 0 radical (unpaired) electrons. The fourth-order valence-corrected chi connectivity index (χ4v) is 3.77. The third kappa shape index (κ3) is 3.93. The van der Waals surface area contributed by atoms with Gasteiger partial charge in [0, 0.05) is 24.4 Å². The number of alkyl halides is 3. The Morgan fingerprint density at radius 1 is 1.22 bits per heavy atom. The lowest BCUT2D eigenvalue weighted by Crippen LogP contribution is -2.49. The molecule has 0 saturated heterocycles. The van der Waals surface area contributed by atoms with Crippen LogP contribution in [0.25, 0.3) is 4.85 Å². The number of nitrogens with one attached hydrogen (secondary N) is 1. The van der Waals surface area contributed by atoms with Crippen molar-refractivity contribution >= 4 is 17.5 Å². The Bertz CT molecular complexity index is 1190. The minimum atomic E-state index is -4.62. The van der Waals surface area contributed by atoms with Crippen LogP contribution in [0, 0.1) is 23.8 Å². The first-order chi connectivity index (χ1) is 15.1. The molecule has 1 heterocycles. The van der Waals surface area contributed by atoms with Crippen molar-refractivity contribution in [2.75, 3.05) is 11.9 Å². The predicted molar refractivity (Wildman–Crippen MR) is 110 cm³/mol. The van der Waals surface area contributed by atoms with E-state index in [1.165, 1.54) is 32.2 Å². The molecule has 0 spiro atoms. The zero-order chi connectivity index (χ0) is 23.6. The summed E-state index contributed by atoms with van der Waals surface area (Å²) in [5, 5.41) is 11.4. The lowest BCUT2D eigenvalue weighted by molar-refractivity contribution is -0.138. The summed E-state index contributed by atoms with van der Waals surface area (Å²) >= 11 is 0. The Balaban J connectivity index is 2.23. The van der Waals surface area contributed by atoms with E-state index in [1.54, 1.807) is 12.1 Å². The number of nitriles is 1. The van der Waals surface area contributed by atoms with Crippen molar-refractivity contribution in [2.45, 2.75) is 19.0 Å². The van der Waals surface area contributed by atoms with Gasteiger partial charge >= 0.3 is 6.18 Å². The van der Waals surface area contributed by atoms with Gasteiger partial charge in [0.2, 0.25) is 11.8 Å². The van der Waals surface area contributed by atoms with Crippen LogP contribution in [0.3, 0.4) is 0 Å². The molecule has 2 atom stereocenters. The van der Waals surface area contributed by atoms with Crippen molar-refractivity contribution in [3.63, 3.8) is 0 Å². The molecule has 1 aliphatic heterocycles. The molecule has 2 aromatic carbocycles. The molecule has 1 aliphatic rings. The number of benzene rings is 2. The zero-order valence-corrected chi connectivity index (χ0v) is 17.1. The van der Waals surface area contributed by atoms with E-state index < -0.39 is 35.4 Å². The van der Waals surface area contributed by atoms with Gasteiger partial charge in [-0.2, -0.15) is 18.4 Å². The molecule has 1 N–H and O–H groups in total. The van der Waals surface area contributed by atoms with Crippen LogP contribution in [-0.2, 0) is 15.8 Å². The first-order valence-electron chi connectivity index (χ1n) is 9.45. The predicted octanol–water partition coefficient (Wildman–Crippen LogP) is 4.22. The maximum atomic E-state index is 13.5. The quantitative estimate of drug-likeness (QED) is 0.576.